The lowest BCUT2D eigenvalue weighted by molar-refractivity contribution is -0.157. The Morgan fingerprint density at radius 1 is 1.00 bits per heavy atom. The highest BCUT2D eigenvalue weighted by Gasteiger charge is 2.44. The molecule has 0 spiro atoms. The van der Waals surface area contributed by atoms with Crippen LogP contribution in [0.1, 0.15) is 83.9 Å². The summed E-state index contributed by atoms with van der Waals surface area (Å²) >= 11 is 0. The van der Waals surface area contributed by atoms with E-state index in [0.717, 1.165) is 55.2 Å². The Morgan fingerprint density at radius 2 is 1.79 bits per heavy atom. The summed E-state index contributed by atoms with van der Waals surface area (Å²) in [4.78, 5) is 32.7. The number of phenolic OH excluding ortho intramolecular Hbond substituents is 1. The highest BCUT2D eigenvalue weighted by Crippen LogP contribution is 2.50. The number of nitrogens with zero attached hydrogens (tertiary/aromatic N) is 1. The molecule has 2 heterocycles. The maximum absolute atomic E-state index is 12.7. The van der Waals surface area contributed by atoms with Crippen LogP contribution in [0.3, 0.4) is 0 Å². The highest BCUT2D eigenvalue weighted by molar-refractivity contribution is 5.72. The lowest BCUT2D eigenvalue weighted by Crippen LogP contribution is -2.42. The summed E-state index contributed by atoms with van der Waals surface area (Å²) < 4.78 is 17.7. The fourth-order valence-electron chi connectivity index (χ4n) is 9.34. The van der Waals surface area contributed by atoms with Crippen LogP contribution in [-0.4, -0.2) is 69.3 Å². The number of nitrogen functional groups attached to an aromatic ring is 1. The van der Waals surface area contributed by atoms with Crippen LogP contribution in [-0.2, 0) is 31.9 Å². The number of esters is 2. The predicted octanol–water partition coefficient (Wildman–Crippen LogP) is 6.49. The zero-order valence-corrected chi connectivity index (χ0v) is 31.7. The van der Waals surface area contributed by atoms with Crippen LogP contribution < -0.4 is 10.5 Å². The molecule has 1 aromatic carbocycles. The summed E-state index contributed by atoms with van der Waals surface area (Å²) in [5, 5.41) is 30.8. The van der Waals surface area contributed by atoms with Crippen molar-refractivity contribution in [2.75, 3.05) is 25.6 Å². The number of carbonyl (C=O) groups is 2. The SMILES string of the molecule is CC(=O)O[C@H](CCc1cc(OCCO)c(O)cc1-c1ccnc(N)c1)C[C@@H](OC(C)=O)[C@@H]1C[C@H](CO)C[C@H]2C[C@H](C1)[C@@H](C(C)C)C[C@@H]2Cc1ccc[nH]1. The number of rotatable bonds is 16. The van der Waals surface area contributed by atoms with E-state index >= 15 is 0 Å². The van der Waals surface area contributed by atoms with E-state index in [-0.39, 0.29) is 49.1 Å². The topological polar surface area (TPSA) is 177 Å². The molecule has 0 radical (unpaired) electrons. The largest absolute Gasteiger partial charge is 0.504 e. The van der Waals surface area contributed by atoms with Gasteiger partial charge in [0.25, 0.3) is 0 Å². The third-order valence-corrected chi connectivity index (χ3v) is 11.6. The number of nitrogens with two attached hydrogens (primary N) is 1. The summed E-state index contributed by atoms with van der Waals surface area (Å²) in [5.74, 6) is 2.28. The van der Waals surface area contributed by atoms with Crippen molar-refractivity contribution in [2.24, 2.45) is 41.4 Å². The maximum Gasteiger partial charge on any atom is 0.302 e. The third kappa shape index (κ3) is 11.0. The summed E-state index contributed by atoms with van der Waals surface area (Å²) in [6.07, 6.45) is 9.45. The van der Waals surface area contributed by atoms with E-state index in [1.54, 1.807) is 30.5 Å². The summed E-state index contributed by atoms with van der Waals surface area (Å²) in [7, 11) is 0. The van der Waals surface area contributed by atoms with E-state index < -0.39 is 18.2 Å². The average Bonchev–Trinajstić information content (AvgIpc) is 3.61. The highest BCUT2D eigenvalue weighted by atomic mass is 16.6. The smallest absolute Gasteiger partial charge is 0.302 e. The average molecular weight is 734 g/mol. The second kappa shape index (κ2) is 18.8. The van der Waals surface area contributed by atoms with Crippen molar-refractivity contribution in [1.82, 2.24) is 9.97 Å². The van der Waals surface area contributed by atoms with Gasteiger partial charge in [-0.2, -0.15) is 0 Å². The molecule has 0 unspecified atom stereocenters. The molecule has 8 atom stereocenters. The molecule has 2 aliphatic rings. The first-order chi connectivity index (χ1) is 25.4. The Kier molecular flexibility index (Phi) is 14.2. The molecule has 5 rings (SSSR count). The zero-order chi connectivity index (χ0) is 38.1. The Hall–Kier alpha value is -4.09. The van der Waals surface area contributed by atoms with Gasteiger partial charge in [-0.15, -0.1) is 0 Å². The lowest BCUT2D eigenvalue weighted by Gasteiger charge is -2.48. The predicted molar refractivity (Wildman–Crippen MR) is 203 cm³/mol. The fraction of sp³-hybridized carbons (Fsp3) is 0.595. The molecule has 0 aliphatic heterocycles. The van der Waals surface area contributed by atoms with Crippen molar-refractivity contribution < 1.29 is 39.1 Å². The Balaban J connectivity index is 1.40. The standard InChI is InChI=1S/C42H59N3O8/c1-25(2)37-19-32(18-35-6-5-10-44-35)31-14-28(24-47)15-34(17-33(37)16-31)40(53-27(4)49)22-36(52-26(3)48)8-7-29-20-41(51-13-12-46)39(50)23-38(29)30-9-11-45-42(43)21-30/h5-6,9-11,20-21,23,25,28,31-34,36-37,40,44,46-47,50H,7-8,12-19,22,24H2,1-4H3,(H2,43,45)/t28-,31+,32+,33-,34-,36-,37-,40-/m1/s1. The number of pyridine rings is 1. The number of ether oxygens (including phenoxy) is 3. The summed E-state index contributed by atoms with van der Waals surface area (Å²) in [6, 6.07) is 11.1. The van der Waals surface area contributed by atoms with E-state index in [9.17, 15) is 24.9 Å². The minimum absolute atomic E-state index is 0.0104. The van der Waals surface area contributed by atoms with Crippen LogP contribution in [0.5, 0.6) is 11.5 Å². The van der Waals surface area contributed by atoms with Crippen molar-refractivity contribution in [3.8, 4) is 22.6 Å². The first kappa shape index (κ1) is 40.1. The fourth-order valence-corrected chi connectivity index (χ4v) is 9.34. The van der Waals surface area contributed by atoms with Crippen molar-refractivity contribution in [2.45, 2.75) is 97.7 Å². The third-order valence-electron chi connectivity index (χ3n) is 11.6. The molecule has 2 aromatic heterocycles. The van der Waals surface area contributed by atoms with Crippen LogP contribution in [0, 0.1) is 41.4 Å². The van der Waals surface area contributed by atoms with Crippen LogP contribution in [0.2, 0.25) is 0 Å². The number of aromatic hydroxyl groups is 1. The monoisotopic (exact) mass is 733 g/mol. The van der Waals surface area contributed by atoms with Crippen LogP contribution in [0.15, 0.2) is 48.8 Å². The number of carbonyl (C=O) groups excluding carboxylic acids is 2. The van der Waals surface area contributed by atoms with Gasteiger partial charge in [0, 0.05) is 45.0 Å². The van der Waals surface area contributed by atoms with Crippen LogP contribution >= 0.6 is 0 Å². The number of aliphatic hydroxyl groups excluding tert-OH is 2. The van der Waals surface area contributed by atoms with Gasteiger partial charge >= 0.3 is 11.9 Å². The van der Waals surface area contributed by atoms with Gasteiger partial charge in [-0.05, 0) is 146 Å². The van der Waals surface area contributed by atoms with E-state index in [4.69, 9.17) is 19.9 Å². The van der Waals surface area contributed by atoms with Gasteiger partial charge in [-0.25, -0.2) is 4.98 Å². The number of nitrogens with one attached hydrogen (secondary N) is 1. The number of H-pyrrole nitrogens is 1. The van der Waals surface area contributed by atoms with Crippen LogP contribution in [0.4, 0.5) is 5.82 Å². The molecule has 0 amide bonds. The molecule has 3 aromatic rings. The number of fused-ring (bicyclic) bond motifs is 2. The Bertz CT molecular complexity index is 1630. The second-order valence-electron chi connectivity index (χ2n) is 15.7. The van der Waals surface area contributed by atoms with E-state index in [0.29, 0.717) is 54.7 Å². The number of hydrogen-bond acceptors (Lipinski definition) is 10. The quantitative estimate of drug-likeness (QED) is 0.102. The van der Waals surface area contributed by atoms with Gasteiger partial charge in [-0.1, -0.05) is 13.8 Å². The molecule has 2 bridgehead atoms. The first-order valence-electron chi connectivity index (χ1n) is 19.3. The van der Waals surface area contributed by atoms with Crippen LogP contribution in [0.25, 0.3) is 11.1 Å². The number of aromatic nitrogens is 2. The van der Waals surface area contributed by atoms with Gasteiger partial charge in [-0.3, -0.25) is 9.59 Å². The number of aliphatic hydroxyl groups is 2. The molecule has 53 heavy (non-hydrogen) atoms. The molecule has 0 saturated heterocycles. The molecule has 290 valence electrons. The van der Waals surface area contributed by atoms with Crippen molar-refractivity contribution in [3.05, 3.63) is 60.0 Å². The zero-order valence-electron chi connectivity index (χ0n) is 31.7. The number of aromatic amines is 1. The number of phenols is 1. The van der Waals surface area contributed by atoms with E-state index in [1.807, 2.05) is 6.20 Å². The molecule has 6 N–H and O–H groups in total. The molecule has 11 heteroatoms. The second-order valence-corrected chi connectivity index (χ2v) is 15.7. The normalized spacial score (nSPS) is 24.1. The van der Waals surface area contributed by atoms with Gasteiger partial charge in [0.05, 0.1) is 6.61 Å². The first-order valence-corrected chi connectivity index (χ1v) is 19.3. The molecule has 2 saturated carbocycles. The van der Waals surface area contributed by atoms with E-state index in [1.165, 1.54) is 19.5 Å². The molecule has 2 fully saturated rings. The van der Waals surface area contributed by atoms with Gasteiger partial charge in [0.15, 0.2) is 11.5 Å². The molecule has 2 aliphatic carbocycles. The Labute approximate surface area is 313 Å². The summed E-state index contributed by atoms with van der Waals surface area (Å²) in [5.41, 5.74) is 9.56. The number of hydrogen-bond donors (Lipinski definition) is 5. The van der Waals surface area contributed by atoms with E-state index in [2.05, 4.69) is 35.9 Å². The number of benzene rings is 1. The van der Waals surface area contributed by atoms with Crippen molar-refractivity contribution in [3.63, 3.8) is 0 Å². The maximum atomic E-state index is 12.7. The van der Waals surface area contributed by atoms with Crippen molar-refractivity contribution >= 4 is 17.8 Å². The molecular formula is C42H59N3O8. The van der Waals surface area contributed by atoms with Gasteiger partial charge in [0.2, 0.25) is 0 Å². The summed E-state index contributed by atoms with van der Waals surface area (Å²) in [6.45, 7) is 7.32. The van der Waals surface area contributed by atoms with Crippen molar-refractivity contribution in [1.29, 1.82) is 0 Å². The van der Waals surface area contributed by atoms with Gasteiger partial charge in [0.1, 0.15) is 24.6 Å². The van der Waals surface area contributed by atoms with Gasteiger partial charge < -0.3 is 40.2 Å². The number of aryl methyl sites for hydroxylation is 1. The Morgan fingerprint density at radius 3 is 2.45 bits per heavy atom. The molecular weight excluding hydrogens is 674 g/mol. The lowest BCUT2D eigenvalue weighted by atomic mass is 9.58. The number of anilines is 1. The minimum atomic E-state index is -0.578. The molecule has 11 nitrogen and oxygen atoms in total. The minimum Gasteiger partial charge on any atom is -0.504 e.